The van der Waals surface area contributed by atoms with Crippen LogP contribution in [0.3, 0.4) is 0 Å². The Balaban J connectivity index is 2.21. The van der Waals surface area contributed by atoms with Gasteiger partial charge >= 0.3 is 0 Å². The summed E-state index contributed by atoms with van der Waals surface area (Å²) in [7, 11) is 0. The lowest BCUT2D eigenvalue weighted by Gasteiger charge is -2.42. The largest absolute Gasteiger partial charge is 0.367 e. The molecule has 4 nitrogen and oxygen atoms in total. The second-order valence-corrected chi connectivity index (χ2v) is 5.55. The fraction of sp³-hybridized carbons (Fsp3) is 0.500. The molecule has 1 amide bonds. The summed E-state index contributed by atoms with van der Waals surface area (Å²) in [6.45, 7) is 4.74. The lowest BCUT2D eigenvalue weighted by molar-refractivity contribution is -0.122. The van der Waals surface area contributed by atoms with E-state index < -0.39 is 17.2 Å². The molecule has 1 aliphatic heterocycles. The molecule has 1 aliphatic rings. The number of carbonyl (C=O) groups excluding carboxylic acids is 1. The summed E-state index contributed by atoms with van der Waals surface area (Å²) in [4.78, 5) is 13.9. The zero-order valence-corrected chi connectivity index (χ0v) is 11.5. The van der Waals surface area contributed by atoms with Gasteiger partial charge < -0.3 is 15.4 Å². The lowest BCUT2D eigenvalue weighted by Crippen LogP contribution is -2.56. The molecule has 0 bridgehead atoms. The summed E-state index contributed by atoms with van der Waals surface area (Å²) < 4.78 is 31.8. The fourth-order valence-electron chi connectivity index (χ4n) is 2.38. The van der Waals surface area contributed by atoms with E-state index in [4.69, 9.17) is 10.5 Å². The first-order valence-electron chi connectivity index (χ1n) is 6.44. The smallest absolute Gasteiger partial charge is 0.254 e. The third kappa shape index (κ3) is 3.13. The van der Waals surface area contributed by atoms with Crippen molar-refractivity contribution in [1.29, 1.82) is 0 Å². The Bertz CT molecular complexity index is 520. The van der Waals surface area contributed by atoms with Gasteiger partial charge in [0.05, 0.1) is 11.7 Å². The molecule has 1 aromatic carbocycles. The van der Waals surface area contributed by atoms with Crippen molar-refractivity contribution in [2.24, 2.45) is 5.73 Å². The van der Waals surface area contributed by atoms with E-state index in [1.165, 1.54) is 6.07 Å². The Morgan fingerprint density at radius 2 is 2.15 bits per heavy atom. The van der Waals surface area contributed by atoms with Crippen LogP contribution in [-0.2, 0) is 4.74 Å². The number of carbonyl (C=O) groups is 1. The van der Waals surface area contributed by atoms with Crippen LogP contribution in [0, 0.1) is 11.6 Å². The van der Waals surface area contributed by atoms with Gasteiger partial charge in [-0.3, -0.25) is 4.79 Å². The predicted molar refractivity (Wildman–Crippen MR) is 70.3 cm³/mol. The maximum atomic E-state index is 13.2. The minimum absolute atomic E-state index is 0.123. The van der Waals surface area contributed by atoms with E-state index >= 15 is 0 Å². The van der Waals surface area contributed by atoms with Crippen LogP contribution in [0.5, 0.6) is 0 Å². The number of amides is 1. The van der Waals surface area contributed by atoms with Gasteiger partial charge in [0.25, 0.3) is 5.91 Å². The Morgan fingerprint density at radius 1 is 1.45 bits per heavy atom. The average molecular weight is 284 g/mol. The molecule has 110 valence electrons. The normalized spacial score (nSPS) is 21.9. The van der Waals surface area contributed by atoms with E-state index in [-0.39, 0.29) is 17.6 Å². The fourth-order valence-corrected chi connectivity index (χ4v) is 2.38. The number of halogens is 2. The van der Waals surface area contributed by atoms with Crippen molar-refractivity contribution in [3.63, 3.8) is 0 Å². The standard InChI is InChI=1S/C14H18F2N2O2/c1-14(2)8-18(7-10(6-17)20-14)13(19)9-3-4-11(15)12(16)5-9/h3-5,10H,6-8,17H2,1-2H3. The second kappa shape index (κ2) is 5.46. The first-order chi connectivity index (χ1) is 9.32. The first-order valence-corrected chi connectivity index (χ1v) is 6.44. The summed E-state index contributed by atoms with van der Waals surface area (Å²) in [6, 6.07) is 3.15. The molecule has 0 spiro atoms. The van der Waals surface area contributed by atoms with Gasteiger partial charge in [0.1, 0.15) is 0 Å². The third-order valence-corrected chi connectivity index (χ3v) is 3.20. The van der Waals surface area contributed by atoms with Crippen LogP contribution in [0.4, 0.5) is 8.78 Å². The number of nitrogens with two attached hydrogens (primary N) is 1. The molecule has 20 heavy (non-hydrogen) atoms. The maximum absolute atomic E-state index is 13.2. The number of ether oxygens (including phenoxy) is 1. The molecule has 1 atom stereocenters. The zero-order valence-electron chi connectivity index (χ0n) is 11.5. The van der Waals surface area contributed by atoms with Crippen LogP contribution < -0.4 is 5.73 Å². The molecule has 6 heteroatoms. The molecular formula is C14H18F2N2O2. The minimum atomic E-state index is -1.03. The highest BCUT2D eigenvalue weighted by Gasteiger charge is 2.35. The van der Waals surface area contributed by atoms with Crippen molar-refractivity contribution in [1.82, 2.24) is 4.90 Å². The van der Waals surface area contributed by atoms with Crippen LogP contribution in [0.25, 0.3) is 0 Å². The number of hydrogen-bond acceptors (Lipinski definition) is 3. The van der Waals surface area contributed by atoms with E-state index in [0.29, 0.717) is 19.6 Å². The molecule has 1 aromatic rings. The quantitative estimate of drug-likeness (QED) is 0.896. The molecule has 1 heterocycles. The number of nitrogens with zero attached hydrogens (tertiary/aromatic N) is 1. The zero-order chi connectivity index (χ0) is 14.9. The number of benzene rings is 1. The van der Waals surface area contributed by atoms with Gasteiger partial charge in [0.15, 0.2) is 11.6 Å². The van der Waals surface area contributed by atoms with Crippen LogP contribution in [0.15, 0.2) is 18.2 Å². The van der Waals surface area contributed by atoms with Crippen molar-refractivity contribution < 1.29 is 18.3 Å². The highest BCUT2D eigenvalue weighted by atomic mass is 19.2. The molecule has 2 N–H and O–H groups in total. The molecule has 0 radical (unpaired) electrons. The van der Waals surface area contributed by atoms with Crippen LogP contribution in [0.1, 0.15) is 24.2 Å². The van der Waals surface area contributed by atoms with E-state index in [2.05, 4.69) is 0 Å². The molecule has 1 saturated heterocycles. The Hall–Kier alpha value is -1.53. The van der Waals surface area contributed by atoms with Crippen molar-refractivity contribution >= 4 is 5.91 Å². The highest BCUT2D eigenvalue weighted by Crippen LogP contribution is 2.22. The average Bonchev–Trinajstić information content (AvgIpc) is 2.39. The number of hydrogen-bond donors (Lipinski definition) is 1. The molecule has 0 saturated carbocycles. The van der Waals surface area contributed by atoms with E-state index in [9.17, 15) is 13.6 Å². The van der Waals surface area contributed by atoms with Crippen LogP contribution in [-0.4, -0.2) is 42.1 Å². The monoisotopic (exact) mass is 284 g/mol. The van der Waals surface area contributed by atoms with Crippen molar-refractivity contribution in [3.05, 3.63) is 35.4 Å². The SMILES string of the molecule is CC1(C)CN(C(=O)c2ccc(F)c(F)c2)CC(CN)O1. The van der Waals surface area contributed by atoms with Gasteiger partial charge in [-0.15, -0.1) is 0 Å². The van der Waals surface area contributed by atoms with Crippen molar-refractivity contribution in [2.45, 2.75) is 25.6 Å². The van der Waals surface area contributed by atoms with Crippen LogP contribution >= 0.6 is 0 Å². The van der Waals surface area contributed by atoms with E-state index in [1.54, 1.807) is 4.90 Å². The Labute approximate surface area is 116 Å². The predicted octanol–water partition coefficient (Wildman–Crippen LogP) is 1.54. The summed E-state index contributed by atoms with van der Waals surface area (Å²) in [5.41, 5.74) is 5.20. The van der Waals surface area contributed by atoms with Crippen LogP contribution in [0.2, 0.25) is 0 Å². The molecule has 2 rings (SSSR count). The van der Waals surface area contributed by atoms with Gasteiger partial charge in [0.2, 0.25) is 0 Å². The van der Waals surface area contributed by atoms with Crippen molar-refractivity contribution in [3.8, 4) is 0 Å². The van der Waals surface area contributed by atoms with Gasteiger partial charge in [-0.25, -0.2) is 8.78 Å². The maximum Gasteiger partial charge on any atom is 0.254 e. The molecule has 1 unspecified atom stereocenters. The first kappa shape index (κ1) is 14.9. The molecule has 0 aromatic heterocycles. The Kier molecular flexibility index (Phi) is 4.06. The van der Waals surface area contributed by atoms with Gasteiger partial charge in [0, 0.05) is 25.2 Å². The summed E-state index contributed by atoms with van der Waals surface area (Å²) >= 11 is 0. The molecule has 1 fully saturated rings. The Morgan fingerprint density at radius 3 is 2.75 bits per heavy atom. The summed E-state index contributed by atoms with van der Waals surface area (Å²) in [6.07, 6.45) is -0.256. The molecule has 0 aliphatic carbocycles. The van der Waals surface area contributed by atoms with Gasteiger partial charge in [-0.05, 0) is 32.0 Å². The lowest BCUT2D eigenvalue weighted by atomic mass is 10.0. The van der Waals surface area contributed by atoms with Crippen molar-refractivity contribution in [2.75, 3.05) is 19.6 Å². The highest BCUT2D eigenvalue weighted by molar-refractivity contribution is 5.94. The summed E-state index contributed by atoms with van der Waals surface area (Å²) in [5, 5.41) is 0. The van der Waals surface area contributed by atoms with E-state index in [0.717, 1.165) is 12.1 Å². The number of rotatable bonds is 2. The summed E-state index contributed by atoms with van der Waals surface area (Å²) in [5.74, 6) is -2.35. The topological polar surface area (TPSA) is 55.6 Å². The van der Waals surface area contributed by atoms with Gasteiger partial charge in [-0.1, -0.05) is 0 Å². The molecular weight excluding hydrogens is 266 g/mol. The number of morpholine rings is 1. The van der Waals surface area contributed by atoms with E-state index in [1.807, 2.05) is 13.8 Å². The third-order valence-electron chi connectivity index (χ3n) is 3.20. The second-order valence-electron chi connectivity index (χ2n) is 5.55. The minimum Gasteiger partial charge on any atom is -0.367 e. The van der Waals surface area contributed by atoms with Gasteiger partial charge in [-0.2, -0.15) is 0 Å².